The van der Waals surface area contributed by atoms with Crippen LogP contribution in [0.15, 0.2) is 46.5 Å². The third kappa shape index (κ3) is 2.64. The topological polar surface area (TPSA) is 74.3 Å². The first-order valence-corrected chi connectivity index (χ1v) is 9.18. The van der Waals surface area contributed by atoms with Gasteiger partial charge >= 0.3 is 5.69 Å². The van der Waals surface area contributed by atoms with E-state index in [4.69, 9.17) is 9.72 Å². The summed E-state index contributed by atoms with van der Waals surface area (Å²) in [5, 5.41) is 0. The number of hydrogen-bond acceptors (Lipinski definition) is 5. The summed E-state index contributed by atoms with van der Waals surface area (Å²) in [6.07, 6.45) is 1.55. The molecule has 0 bridgehead atoms. The zero-order chi connectivity index (χ0) is 20.0. The molecule has 4 rings (SSSR count). The maximum Gasteiger partial charge on any atom is 0.332 e. The van der Waals surface area contributed by atoms with Gasteiger partial charge in [0.1, 0.15) is 5.75 Å². The molecule has 1 aromatic carbocycles. The molecule has 0 fully saturated rings. The van der Waals surface area contributed by atoms with Crippen molar-refractivity contribution >= 4 is 22.8 Å². The first kappa shape index (κ1) is 18.1. The Morgan fingerprint density at radius 1 is 1.32 bits per heavy atom. The minimum Gasteiger partial charge on any atom is -0.497 e. The van der Waals surface area contributed by atoms with Crippen LogP contribution in [0.1, 0.15) is 6.92 Å². The van der Waals surface area contributed by atoms with E-state index in [-0.39, 0.29) is 12.1 Å². The van der Waals surface area contributed by atoms with E-state index in [1.165, 1.54) is 9.13 Å². The van der Waals surface area contributed by atoms with Gasteiger partial charge in [-0.1, -0.05) is 19.1 Å². The van der Waals surface area contributed by atoms with Crippen molar-refractivity contribution in [1.29, 1.82) is 0 Å². The van der Waals surface area contributed by atoms with Crippen molar-refractivity contribution in [2.45, 2.75) is 20.0 Å². The van der Waals surface area contributed by atoms with E-state index < -0.39 is 5.69 Å². The highest BCUT2D eigenvalue weighted by molar-refractivity contribution is 5.77. The Kier molecular flexibility index (Phi) is 4.33. The van der Waals surface area contributed by atoms with Crippen molar-refractivity contribution in [2.75, 3.05) is 18.6 Å². The molecule has 1 atom stereocenters. The molecule has 0 spiro atoms. The molecule has 2 aromatic heterocycles. The summed E-state index contributed by atoms with van der Waals surface area (Å²) in [5.41, 5.74) is 1.04. The first-order valence-electron chi connectivity index (χ1n) is 9.18. The molecule has 1 aliphatic rings. The molecule has 0 saturated heterocycles. The molecule has 146 valence electrons. The van der Waals surface area contributed by atoms with Crippen LogP contribution in [0.3, 0.4) is 0 Å². The number of rotatable bonds is 4. The van der Waals surface area contributed by atoms with Crippen LogP contribution in [0.4, 0.5) is 11.6 Å². The highest BCUT2D eigenvalue weighted by atomic mass is 16.5. The second-order valence-corrected chi connectivity index (χ2v) is 7.16. The zero-order valence-electron chi connectivity index (χ0n) is 16.3. The second kappa shape index (κ2) is 6.70. The number of ether oxygens (including phenoxy) is 1. The summed E-state index contributed by atoms with van der Waals surface area (Å²) in [6.45, 7) is 7.36. The summed E-state index contributed by atoms with van der Waals surface area (Å²) in [7, 11) is 3.27. The van der Waals surface area contributed by atoms with Gasteiger partial charge in [0.2, 0.25) is 5.95 Å². The molecule has 0 aliphatic carbocycles. The fraction of sp³-hybridized carbons (Fsp3) is 0.350. The Morgan fingerprint density at radius 2 is 2.11 bits per heavy atom. The van der Waals surface area contributed by atoms with Crippen LogP contribution >= 0.6 is 0 Å². The quantitative estimate of drug-likeness (QED) is 0.645. The van der Waals surface area contributed by atoms with Crippen LogP contribution in [0.25, 0.3) is 11.2 Å². The fourth-order valence-electron chi connectivity index (χ4n) is 3.79. The van der Waals surface area contributed by atoms with E-state index in [1.807, 2.05) is 28.8 Å². The van der Waals surface area contributed by atoms with E-state index in [2.05, 4.69) is 18.4 Å². The van der Waals surface area contributed by atoms with E-state index >= 15 is 0 Å². The van der Waals surface area contributed by atoms with E-state index in [0.29, 0.717) is 29.6 Å². The van der Waals surface area contributed by atoms with Gasteiger partial charge in [-0.3, -0.25) is 13.9 Å². The Hall–Kier alpha value is -3.29. The van der Waals surface area contributed by atoms with Gasteiger partial charge in [0, 0.05) is 38.4 Å². The Labute approximate surface area is 161 Å². The van der Waals surface area contributed by atoms with Crippen LogP contribution in [-0.2, 0) is 20.1 Å². The zero-order valence-corrected chi connectivity index (χ0v) is 16.3. The van der Waals surface area contributed by atoms with Gasteiger partial charge in [-0.15, -0.1) is 6.58 Å². The molecule has 0 radical (unpaired) electrons. The van der Waals surface area contributed by atoms with Gasteiger partial charge in [0.25, 0.3) is 5.56 Å². The van der Waals surface area contributed by atoms with Gasteiger partial charge in [-0.25, -0.2) is 4.79 Å². The molecule has 0 amide bonds. The maximum atomic E-state index is 13.1. The lowest BCUT2D eigenvalue weighted by molar-refractivity contribution is 0.414. The molecule has 28 heavy (non-hydrogen) atoms. The number of nitrogens with zero attached hydrogens (tertiary/aromatic N) is 5. The Morgan fingerprint density at radius 3 is 2.82 bits per heavy atom. The number of anilines is 2. The van der Waals surface area contributed by atoms with Gasteiger partial charge in [0.05, 0.1) is 7.11 Å². The number of imidazole rings is 1. The number of benzene rings is 1. The minimum absolute atomic E-state index is 0.164. The van der Waals surface area contributed by atoms with Crippen LogP contribution in [0, 0.1) is 5.92 Å². The van der Waals surface area contributed by atoms with Gasteiger partial charge < -0.3 is 14.2 Å². The molecule has 8 nitrogen and oxygen atoms in total. The van der Waals surface area contributed by atoms with Crippen LogP contribution in [-0.4, -0.2) is 32.3 Å². The molecular weight excluding hydrogens is 358 g/mol. The van der Waals surface area contributed by atoms with E-state index in [9.17, 15) is 9.59 Å². The largest absolute Gasteiger partial charge is 0.497 e. The van der Waals surface area contributed by atoms with Crippen molar-refractivity contribution in [3.63, 3.8) is 0 Å². The van der Waals surface area contributed by atoms with E-state index in [0.717, 1.165) is 18.0 Å². The standard InChI is InChI=1S/C20H23N5O3/c1-5-9-23-18(26)16-17(22(3)20(23)27)21-19-24(11-13(2)12-25(16)19)14-7-6-8-15(10-14)28-4/h5-8,10,13H,1,9,11-12H2,2-4H3/t13-/m0/s1. The lowest BCUT2D eigenvalue weighted by atomic mass is 10.1. The molecule has 0 N–H and O–H groups in total. The fourth-order valence-corrected chi connectivity index (χ4v) is 3.79. The smallest absolute Gasteiger partial charge is 0.332 e. The van der Waals surface area contributed by atoms with Crippen molar-refractivity contribution in [3.8, 4) is 5.75 Å². The summed E-state index contributed by atoms with van der Waals surface area (Å²) in [6, 6.07) is 7.74. The van der Waals surface area contributed by atoms with Crippen molar-refractivity contribution in [1.82, 2.24) is 18.7 Å². The normalized spacial score (nSPS) is 16.2. The Balaban J connectivity index is 2.01. The highest BCUT2D eigenvalue weighted by Crippen LogP contribution is 2.34. The van der Waals surface area contributed by atoms with E-state index in [1.54, 1.807) is 20.2 Å². The highest BCUT2D eigenvalue weighted by Gasteiger charge is 2.29. The van der Waals surface area contributed by atoms with Gasteiger partial charge in [0.15, 0.2) is 11.2 Å². The number of allylic oxidation sites excluding steroid dienone is 1. The second-order valence-electron chi connectivity index (χ2n) is 7.16. The van der Waals surface area contributed by atoms with Crippen LogP contribution in [0.5, 0.6) is 5.75 Å². The van der Waals surface area contributed by atoms with Crippen LogP contribution in [0.2, 0.25) is 0 Å². The van der Waals surface area contributed by atoms with Gasteiger partial charge in [-0.2, -0.15) is 4.98 Å². The SMILES string of the molecule is C=CCn1c(=O)c2c(nc3n2C[C@@H](C)CN3c2cccc(OC)c2)n(C)c1=O. The predicted molar refractivity (Wildman–Crippen MR) is 109 cm³/mol. The maximum absolute atomic E-state index is 13.1. The van der Waals surface area contributed by atoms with Crippen molar-refractivity contribution in [3.05, 3.63) is 57.8 Å². The number of aromatic nitrogens is 4. The third-order valence-electron chi connectivity index (χ3n) is 5.12. The molecule has 3 heterocycles. The van der Waals surface area contributed by atoms with Gasteiger partial charge in [-0.05, 0) is 18.1 Å². The summed E-state index contributed by atoms with van der Waals surface area (Å²) < 4.78 is 9.90. The Bertz CT molecular complexity index is 1190. The molecule has 8 heteroatoms. The molecule has 1 aliphatic heterocycles. The van der Waals surface area contributed by atoms with Crippen LogP contribution < -0.4 is 20.9 Å². The summed E-state index contributed by atoms with van der Waals surface area (Å²) in [4.78, 5) is 32.4. The van der Waals surface area contributed by atoms with Crippen molar-refractivity contribution < 1.29 is 4.74 Å². The summed E-state index contributed by atoms with van der Waals surface area (Å²) in [5.74, 6) is 1.70. The lowest BCUT2D eigenvalue weighted by Gasteiger charge is -2.33. The lowest BCUT2D eigenvalue weighted by Crippen LogP contribution is -2.40. The average molecular weight is 381 g/mol. The average Bonchev–Trinajstić information content (AvgIpc) is 3.08. The molecular formula is C20H23N5O3. The first-order chi connectivity index (χ1) is 13.5. The minimum atomic E-state index is -0.395. The number of aryl methyl sites for hydroxylation is 1. The number of fused-ring (bicyclic) bond motifs is 3. The molecule has 0 saturated carbocycles. The van der Waals surface area contributed by atoms with Crippen molar-refractivity contribution in [2.24, 2.45) is 13.0 Å². The number of hydrogen-bond donors (Lipinski definition) is 0. The number of methoxy groups -OCH3 is 1. The third-order valence-corrected chi connectivity index (χ3v) is 5.12. The predicted octanol–water partition coefficient (Wildman–Crippen LogP) is 1.88. The molecule has 3 aromatic rings. The summed E-state index contributed by atoms with van der Waals surface area (Å²) >= 11 is 0. The monoisotopic (exact) mass is 381 g/mol. The molecule has 0 unspecified atom stereocenters.